The highest BCUT2D eigenvalue weighted by Gasteiger charge is 2.11. The molecule has 0 fully saturated rings. The number of unbranched alkanes of at least 4 members (excludes halogenated alkanes) is 1. The largest absolute Gasteiger partial charge is 0.383 e. The lowest BCUT2D eigenvalue weighted by Crippen LogP contribution is -2.29. The summed E-state index contributed by atoms with van der Waals surface area (Å²) in [5, 5.41) is 8.55. The van der Waals surface area contributed by atoms with E-state index in [9.17, 15) is 4.79 Å². The van der Waals surface area contributed by atoms with Crippen LogP contribution in [0.2, 0.25) is 0 Å². The molecule has 0 aliphatic rings. The van der Waals surface area contributed by atoms with E-state index in [0.29, 0.717) is 12.4 Å². The van der Waals surface area contributed by atoms with Gasteiger partial charge in [0.05, 0.1) is 5.39 Å². The molecule has 0 saturated heterocycles. The molecular weight excluding hydrogens is 322 g/mol. The van der Waals surface area contributed by atoms with E-state index in [1.165, 1.54) is 17.7 Å². The normalized spacial score (nSPS) is 10.7. The summed E-state index contributed by atoms with van der Waals surface area (Å²) in [6.07, 6.45) is 3.50. The minimum absolute atomic E-state index is 0.185. The molecular formula is C17H19N5OS. The van der Waals surface area contributed by atoms with Crippen molar-refractivity contribution in [3.8, 4) is 11.1 Å². The third kappa shape index (κ3) is 3.46. The number of benzene rings is 1. The zero-order valence-corrected chi connectivity index (χ0v) is 14.2. The minimum Gasteiger partial charge on any atom is -0.383 e. The number of nitrogen functional groups attached to an aromatic ring is 1. The zero-order valence-electron chi connectivity index (χ0n) is 13.4. The van der Waals surface area contributed by atoms with Crippen LogP contribution in [0.5, 0.6) is 0 Å². The molecule has 0 unspecified atom stereocenters. The summed E-state index contributed by atoms with van der Waals surface area (Å²) in [7, 11) is 0. The third-order valence-electron chi connectivity index (χ3n) is 3.67. The van der Waals surface area contributed by atoms with Crippen LogP contribution in [-0.4, -0.2) is 22.5 Å². The first-order valence-corrected chi connectivity index (χ1v) is 8.70. The second-order valence-corrected chi connectivity index (χ2v) is 6.26. The van der Waals surface area contributed by atoms with Gasteiger partial charge in [0.25, 0.3) is 0 Å². The highest BCUT2D eigenvalue weighted by molar-refractivity contribution is 7.17. The van der Waals surface area contributed by atoms with Crippen LogP contribution in [0.1, 0.15) is 19.8 Å². The van der Waals surface area contributed by atoms with Gasteiger partial charge in [-0.2, -0.15) is 0 Å². The second-order valence-electron chi connectivity index (χ2n) is 5.40. The molecule has 0 spiro atoms. The Morgan fingerprint density at radius 2 is 2.04 bits per heavy atom. The highest BCUT2D eigenvalue weighted by atomic mass is 32.1. The maximum atomic E-state index is 11.8. The molecule has 2 heterocycles. The van der Waals surface area contributed by atoms with Gasteiger partial charge >= 0.3 is 6.03 Å². The van der Waals surface area contributed by atoms with Gasteiger partial charge in [-0.05, 0) is 24.1 Å². The molecule has 7 heteroatoms. The smallest absolute Gasteiger partial charge is 0.319 e. The lowest BCUT2D eigenvalue weighted by Gasteiger charge is -2.08. The number of anilines is 2. The fraction of sp³-hybridized carbons (Fsp3) is 0.235. The van der Waals surface area contributed by atoms with Crippen molar-refractivity contribution in [2.75, 3.05) is 17.6 Å². The molecule has 3 aromatic rings. The van der Waals surface area contributed by atoms with E-state index in [4.69, 9.17) is 5.73 Å². The molecule has 0 radical (unpaired) electrons. The number of urea groups is 1. The molecule has 6 nitrogen and oxygen atoms in total. The van der Waals surface area contributed by atoms with Gasteiger partial charge in [-0.1, -0.05) is 25.5 Å². The summed E-state index contributed by atoms with van der Waals surface area (Å²) >= 11 is 1.54. The van der Waals surface area contributed by atoms with E-state index >= 15 is 0 Å². The number of amides is 2. The summed E-state index contributed by atoms with van der Waals surface area (Å²) in [5.74, 6) is 0.480. The number of rotatable bonds is 5. The average molecular weight is 341 g/mol. The summed E-state index contributed by atoms with van der Waals surface area (Å²) in [4.78, 5) is 20.9. The first-order chi connectivity index (χ1) is 11.7. The van der Waals surface area contributed by atoms with Crippen LogP contribution in [0.4, 0.5) is 16.3 Å². The van der Waals surface area contributed by atoms with Crippen molar-refractivity contribution in [3.05, 3.63) is 36.0 Å². The number of carbonyl (C=O) groups is 1. The molecule has 2 amide bonds. The van der Waals surface area contributed by atoms with Crippen molar-refractivity contribution in [1.29, 1.82) is 0 Å². The van der Waals surface area contributed by atoms with E-state index < -0.39 is 0 Å². The number of nitrogens with two attached hydrogens (primary N) is 1. The van der Waals surface area contributed by atoms with Crippen LogP contribution in [0.25, 0.3) is 21.3 Å². The van der Waals surface area contributed by atoms with E-state index in [-0.39, 0.29) is 6.03 Å². The minimum atomic E-state index is -0.185. The Labute approximate surface area is 144 Å². The number of carbonyl (C=O) groups excluding carboxylic acids is 1. The topological polar surface area (TPSA) is 92.9 Å². The molecule has 0 atom stereocenters. The number of thiophene rings is 1. The van der Waals surface area contributed by atoms with Crippen molar-refractivity contribution < 1.29 is 4.79 Å². The Morgan fingerprint density at radius 1 is 1.25 bits per heavy atom. The lowest BCUT2D eigenvalue weighted by molar-refractivity contribution is 0.252. The SMILES string of the molecule is CCCCNC(=O)Nc1ccc(-c2csc3ncnc(N)c23)cc1. The van der Waals surface area contributed by atoms with Gasteiger partial charge in [0.15, 0.2) is 0 Å². The zero-order chi connectivity index (χ0) is 16.9. The van der Waals surface area contributed by atoms with Crippen molar-refractivity contribution in [1.82, 2.24) is 15.3 Å². The van der Waals surface area contributed by atoms with Crippen molar-refractivity contribution in [2.24, 2.45) is 0 Å². The van der Waals surface area contributed by atoms with Crippen LogP contribution < -0.4 is 16.4 Å². The molecule has 0 aliphatic heterocycles. The Bertz CT molecular complexity index is 844. The lowest BCUT2D eigenvalue weighted by atomic mass is 10.1. The number of aromatic nitrogens is 2. The van der Waals surface area contributed by atoms with Gasteiger partial charge in [0, 0.05) is 23.2 Å². The van der Waals surface area contributed by atoms with Gasteiger partial charge in [-0.3, -0.25) is 0 Å². The summed E-state index contributed by atoms with van der Waals surface area (Å²) in [6.45, 7) is 2.77. The van der Waals surface area contributed by atoms with Crippen LogP contribution in [0.3, 0.4) is 0 Å². The quantitative estimate of drug-likeness (QED) is 0.614. The Balaban J connectivity index is 1.75. The fourth-order valence-corrected chi connectivity index (χ4v) is 3.32. The molecule has 3 rings (SSSR count). The predicted molar refractivity (Wildman–Crippen MR) is 99.2 cm³/mol. The first kappa shape index (κ1) is 16.2. The van der Waals surface area contributed by atoms with Crippen molar-refractivity contribution in [2.45, 2.75) is 19.8 Å². The number of nitrogens with zero attached hydrogens (tertiary/aromatic N) is 2. The standard InChI is InChI=1S/C17H19N5OS/c1-2-3-8-19-17(23)22-12-6-4-11(5-7-12)13-9-24-16-14(13)15(18)20-10-21-16/h4-7,9-10H,2-3,8H2,1H3,(H2,18,20,21)(H2,19,22,23). The van der Waals surface area contributed by atoms with Crippen LogP contribution >= 0.6 is 11.3 Å². The summed E-state index contributed by atoms with van der Waals surface area (Å²) in [5.41, 5.74) is 8.75. The van der Waals surface area contributed by atoms with Crippen molar-refractivity contribution >= 4 is 39.1 Å². The van der Waals surface area contributed by atoms with Crippen LogP contribution in [-0.2, 0) is 0 Å². The molecule has 1 aromatic carbocycles. The average Bonchev–Trinajstić information content (AvgIpc) is 3.01. The molecule has 0 saturated carbocycles. The van der Waals surface area contributed by atoms with E-state index in [1.807, 2.05) is 29.6 Å². The first-order valence-electron chi connectivity index (χ1n) is 7.82. The molecule has 4 N–H and O–H groups in total. The predicted octanol–water partition coefficient (Wildman–Crippen LogP) is 3.86. The molecule has 2 aromatic heterocycles. The van der Waals surface area contributed by atoms with Gasteiger partial charge in [0.1, 0.15) is 17.0 Å². The van der Waals surface area contributed by atoms with Gasteiger partial charge < -0.3 is 16.4 Å². The number of hydrogen-bond acceptors (Lipinski definition) is 5. The Morgan fingerprint density at radius 3 is 2.79 bits per heavy atom. The maximum Gasteiger partial charge on any atom is 0.319 e. The highest BCUT2D eigenvalue weighted by Crippen LogP contribution is 2.35. The fourth-order valence-electron chi connectivity index (χ4n) is 2.40. The van der Waals surface area contributed by atoms with E-state index in [2.05, 4.69) is 27.5 Å². The monoisotopic (exact) mass is 341 g/mol. The number of nitrogens with one attached hydrogen (secondary N) is 2. The summed E-state index contributed by atoms with van der Waals surface area (Å²) in [6, 6.07) is 7.47. The summed E-state index contributed by atoms with van der Waals surface area (Å²) < 4.78 is 0. The van der Waals surface area contributed by atoms with Crippen molar-refractivity contribution in [3.63, 3.8) is 0 Å². The van der Waals surface area contributed by atoms with Gasteiger partial charge in [0.2, 0.25) is 0 Å². The molecule has 0 aliphatic carbocycles. The third-order valence-corrected chi connectivity index (χ3v) is 4.56. The van der Waals surface area contributed by atoms with Crippen LogP contribution in [0, 0.1) is 0 Å². The number of fused-ring (bicyclic) bond motifs is 1. The molecule has 124 valence electrons. The van der Waals surface area contributed by atoms with E-state index in [1.54, 1.807) is 0 Å². The second kappa shape index (κ2) is 7.27. The Hall–Kier alpha value is -2.67. The van der Waals surface area contributed by atoms with Crippen LogP contribution in [0.15, 0.2) is 36.0 Å². The number of hydrogen-bond donors (Lipinski definition) is 3. The Kier molecular flexibility index (Phi) is 4.90. The molecule has 24 heavy (non-hydrogen) atoms. The molecule has 0 bridgehead atoms. The van der Waals surface area contributed by atoms with Gasteiger partial charge in [-0.25, -0.2) is 14.8 Å². The van der Waals surface area contributed by atoms with E-state index in [0.717, 1.165) is 39.9 Å². The van der Waals surface area contributed by atoms with Gasteiger partial charge in [-0.15, -0.1) is 11.3 Å². The maximum absolute atomic E-state index is 11.8.